The van der Waals surface area contributed by atoms with Crippen LogP contribution in [-0.2, 0) is 0 Å². The highest BCUT2D eigenvalue weighted by atomic mass is 32.1. The lowest BCUT2D eigenvalue weighted by Gasteiger charge is -2.17. The van der Waals surface area contributed by atoms with Gasteiger partial charge >= 0.3 is 0 Å². The summed E-state index contributed by atoms with van der Waals surface area (Å²) in [7, 11) is 0. The Morgan fingerprint density at radius 1 is 1.40 bits per heavy atom. The summed E-state index contributed by atoms with van der Waals surface area (Å²) in [4.78, 5) is 0. The van der Waals surface area contributed by atoms with E-state index in [2.05, 4.69) is 37.6 Å². The number of anilines is 1. The second-order valence-corrected chi connectivity index (χ2v) is 4.20. The van der Waals surface area contributed by atoms with Crippen LogP contribution in [0.4, 0.5) is 5.69 Å². The molecule has 4 N–H and O–H groups in total. The third-order valence-corrected chi connectivity index (χ3v) is 2.50. The highest BCUT2D eigenvalue weighted by molar-refractivity contribution is 7.80. The van der Waals surface area contributed by atoms with E-state index in [1.165, 1.54) is 11.1 Å². The average molecular weight is 223 g/mol. The first kappa shape index (κ1) is 11.9. The number of aryl methyl sites for hydroxylation is 1. The van der Waals surface area contributed by atoms with Crippen LogP contribution >= 0.6 is 12.2 Å². The summed E-state index contributed by atoms with van der Waals surface area (Å²) in [5, 5.41) is 3.51. The van der Waals surface area contributed by atoms with Gasteiger partial charge in [0.25, 0.3) is 0 Å². The number of hydrazine groups is 1. The topological polar surface area (TPSA) is 50.1 Å². The van der Waals surface area contributed by atoms with Crippen LogP contribution in [0.5, 0.6) is 0 Å². The van der Waals surface area contributed by atoms with E-state index in [1.807, 2.05) is 12.1 Å². The quantitative estimate of drug-likeness (QED) is 0.409. The van der Waals surface area contributed by atoms with Crippen LogP contribution in [0.2, 0.25) is 0 Å². The molecular weight excluding hydrogens is 206 g/mol. The first-order valence-electron chi connectivity index (χ1n) is 4.93. The van der Waals surface area contributed by atoms with E-state index >= 15 is 0 Å². The third kappa shape index (κ3) is 2.91. The first-order chi connectivity index (χ1) is 7.06. The SMILES string of the molecule is Cc1cccc(NC(=S)NN)c1C(C)C. The molecule has 82 valence electrons. The van der Waals surface area contributed by atoms with Gasteiger partial charge in [0.1, 0.15) is 0 Å². The van der Waals surface area contributed by atoms with Gasteiger partial charge in [-0.2, -0.15) is 0 Å². The van der Waals surface area contributed by atoms with Crippen molar-refractivity contribution in [2.75, 3.05) is 5.32 Å². The molecule has 0 aliphatic rings. The minimum atomic E-state index is 0.433. The molecule has 0 aliphatic heterocycles. The van der Waals surface area contributed by atoms with E-state index in [1.54, 1.807) is 0 Å². The van der Waals surface area contributed by atoms with Gasteiger partial charge in [-0.05, 0) is 42.3 Å². The Morgan fingerprint density at radius 3 is 2.60 bits per heavy atom. The summed E-state index contributed by atoms with van der Waals surface area (Å²) in [5.41, 5.74) is 5.97. The molecule has 0 bridgehead atoms. The van der Waals surface area contributed by atoms with Gasteiger partial charge in [-0.3, -0.25) is 0 Å². The second kappa shape index (κ2) is 5.09. The molecular formula is C11H17N3S. The van der Waals surface area contributed by atoms with E-state index < -0.39 is 0 Å². The van der Waals surface area contributed by atoms with Crippen LogP contribution < -0.4 is 16.6 Å². The summed E-state index contributed by atoms with van der Waals surface area (Å²) in [6.45, 7) is 6.41. The summed E-state index contributed by atoms with van der Waals surface area (Å²) in [5.74, 6) is 5.68. The largest absolute Gasteiger partial charge is 0.331 e. The number of rotatable bonds is 2. The second-order valence-electron chi connectivity index (χ2n) is 3.79. The molecule has 15 heavy (non-hydrogen) atoms. The van der Waals surface area contributed by atoms with E-state index in [0.29, 0.717) is 11.0 Å². The van der Waals surface area contributed by atoms with Gasteiger partial charge in [0, 0.05) is 5.69 Å². The molecule has 0 aromatic heterocycles. The highest BCUT2D eigenvalue weighted by Gasteiger charge is 2.09. The lowest BCUT2D eigenvalue weighted by molar-refractivity contribution is 0.859. The van der Waals surface area contributed by atoms with E-state index in [9.17, 15) is 0 Å². The van der Waals surface area contributed by atoms with Gasteiger partial charge in [0.05, 0.1) is 0 Å². The normalized spacial score (nSPS) is 10.2. The Balaban J connectivity index is 3.06. The number of hydrogen-bond donors (Lipinski definition) is 3. The molecule has 1 aromatic rings. The van der Waals surface area contributed by atoms with Gasteiger partial charge in [0.2, 0.25) is 0 Å². The molecule has 0 saturated heterocycles. The Hall–Kier alpha value is -1.13. The predicted octanol–water partition coefficient (Wildman–Crippen LogP) is 2.28. The van der Waals surface area contributed by atoms with Crippen molar-refractivity contribution in [2.45, 2.75) is 26.7 Å². The van der Waals surface area contributed by atoms with Gasteiger partial charge in [-0.15, -0.1) is 0 Å². The number of nitrogens with two attached hydrogens (primary N) is 1. The molecule has 0 fully saturated rings. The van der Waals surface area contributed by atoms with Crippen LogP contribution in [0, 0.1) is 6.92 Å². The van der Waals surface area contributed by atoms with Crippen molar-refractivity contribution in [3.63, 3.8) is 0 Å². The fourth-order valence-corrected chi connectivity index (χ4v) is 1.82. The van der Waals surface area contributed by atoms with Crippen molar-refractivity contribution in [3.8, 4) is 0 Å². The van der Waals surface area contributed by atoms with Crippen molar-refractivity contribution in [1.29, 1.82) is 0 Å². The number of hydrogen-bond acceptors (Lipinski definition) is 2. The Morgan fingerprint density at radius 2 is 2.07 bits per heavy atom. The maximum atomic E-state index is 5.23. The zero-order valence-corrected chi connectivity index (χ0v) is 10.1. The van der Waals surface area contributed by atoms with Crippen molar-refractivity contribution in [2.24, 2.45) is 5.84 Å². The smallest absolute Gasteiger partial charge is 0.185 e. The molecule has 0 spiro atoms. The highest BCUT2D eigenvalue weighted by Crippen LogP contribution is 2.27. The molecule has 4 heteroatoms. The van der Waals surface area contributed by atoms with Gasteiger partial charge in [-0.25, -0.2) is 5.84 Å². The molecule has 0 heterocycles. The molecule has 0 aliphatic carbocycles. The summed E-state index contributed by atoms with van der Waals surface area (Å²) >= 11 is 4.98. The molecule has 0 unspecified atom stereocenters. The molecule has 0 atom stereocenters. The Bertz CT molecular complexity index is 361. The van der Waals surface area contributed by atoms with E-state index in [0.717, 1.165) is 5.69 Å². The first-order valence-corrected chi connectivity index (χ1v) is 5.34. The maximum Gasteiger partial charge on any atom is 0.185 e. The zero-order valence-electron chi connectivity index (χ0n) is 9.29. The summed E-state index contributed by atoms with van der Waals surface area (Å²) in [6.07, 6.45) is 0. The monoisotopic (exact) mass is 223 g/mol. The number of benzene rings is 1. The number of thiocarbonyl (C=S) groups is 1. The minimum Gasteiger partial charge on any atom is -0.331 e. The molecule has 1 aromatic carbocycles. The fourth-order valence-electron chi connectivity index (χ4n) is 1.71. The van der Waals surface area contributed by atoms with Crippen molar-refractivity contribution in [1.82, 2.24) is 5.43 Å². The Labute approximate surface area is 96.0 Å². The van der Waals surface area contributed by atoms with E-state index in [-0.39, 0.29) is 0 Å². The molecule has 0 radical (unpaired) electrons. The van der Waals surface area contributed by atoms with Crippen molar-refractivity contribution >= 4 is 23.0 Å². The van der Waals surface area contributed by atoms with Crippen molar-refractivity contribution < 1.29 is 0 Å². The average Bonchev–Trinajstić information content (AvgIpc) is 2.17. The van der Waals surface area contributed by atoms with Crippen LogP contribution in [0.25, 0.3) is 0 Å². The molecule has 0 amide bonds. The van der Waals surface area contributed by atoms with Crippen LogP contribution in [0.15, 0.2) is 18.2 Å². The predicted molar refractivity (Wildman–Crippen MR) is 68.8 cm³/mol. The lowest BCUT2D eigenvalue weighted by Crippen LogP contribution is -2.34. The minimum absolute atomic E-state index is 0.433. The fraction of sp³-hybridized carbons (Fsp3) is 0.364. The van der Waals surface area contributed by atoms with Crippen molar-refractivity contribution in [3.05, 3.63) is 29.3 Å². The van der Waals surface area contributed by atoms with Crippen LogP contribution in [0.3, 0.4) is 0 Å². The number of nitrogens with one attached hydrogen (secondary N) is 2. The molecule has 0 saturated carbocycles. The molecule has 1 rings (SSSR count). The summed E-state index contributed by atoms with van der Waals surface area (Å²) < 4.78 is 0. The van der Waals surface area contributed by atoms with Crippen LogP contribution in [0.1, 0.15) is 30.9 Å². The van der Waals surface area contributed by atoms with Crippen LogP contribution in [-0.4, -0.2) is 5.11 Å². The Kier molecular flexibility index (Phi) is 4.05. The van der Waals surface area contributed by atoms with Gasteiger partial charge in [-0.1, -0.05) is 26.0 Å². The standard InChI is InChI=1S/C11H17N3S/c1-7(2)10-8(3)5-4-6-9(10)13-11(15)14-12/h4-7H,12H2,1-3H3,(H2,13,14,15). The lowest BCUT2D eigenvalue weighted by atomic mass is 9.96. The maximum absolute atomic E-state index is 5.23. The van der Waals surface area contributed by atoms with Gasteiger partial charge in [0.15, 0.2) is 5.11 Å². The van der Waals surface area contributed by atoms with Gasteiger partial charge < -0.3 is 10.7 Å². The molecule has 3 nitrogen and oxygen atoms in total. The third-order valence-electron chi connectivity index (χ3n) is 2.28. The van der Waals surface area contributed by atoms with E-state index in [4.69, 9.17) is 18.1 Å². The zero-order chi connectivity index (χ0) is 11.4. The summed E-state index contributed by atoms with van der Waals surface area (Å²) in [6, 6.07) is 6.11.